The van der Waals surface area contributed by atoms with Crippen molar-refractivity contribution in [1.82, 2.24) is 0 Å². The van der Waals surface area contributed by atoms with E-state index in [0.717, 1.165) is 11.3 Å². The van der Waals surface area contributed by atoms with Crippen LogP contribution in [0.4, 0.5) is 0 Å². The average Bonchev–Trinajstić information content (AvgIpc) is 2.49. The summed E-state index contributed by atoms with van der Waals surface area (Å²) >= 11 is 3.08. The molecule has 0 saturated heterocycles. The van der Waals surface area contributed by atoms with Gasteiger partial charge >= 0.3 is 5.97 Å². The van der Waals surface area contributed by atoms with Gasteiger partial charge in [0.05, 0.1) is 7.11 Å². The predicted octanol–water partition coefficient (Wildman–Crippen LogP) is 3.36. The molecule has 1 atom stereocenters. The van der Waals surface area contributed by atoms with Crippen molar-refractivity contribution in [1.29, 1.82) is 0 Å². The molecule has 0 heterocycles. The number of benzene rings is 1. The molecule has 1 aliphatic carbocycles. The van der Waals surface area contributed by atoms with Gasteiger partial charge in [-0.15, -0.1) is 0 Å². The fourth-order valence-corrected chi connectivity index (χ4v) is 2.56. The monoisotopic (exact) mass is 357 g/mol. The van der Waals surface area contributed by atoms with Gasteiger partial charge in [0.15, 0.2) is 0 Å². The third-order valence-corrected chi connectivity index (χ3v) is 4.21. The van der Waals surface area contributed by atoms with Crippen LogP contribution in [-0.4, -0.2) is 29.1 Å². The van der Waals surface area contributed by atoms with E-state index < -0.39 is 10.8 Å². The van der Waals surface area contributed by atoms with Crippen LogP contribution >= 0.6 is 15.9 Å². The second-order valence-corrected chi connectivity index (χ2v) is 6.36. The number of nitrogens with two attached hydrogens (primary N) is 1. The molecule has 21 heavy (non-hydrogen) atoms. The van der Waals surface area contributed by atoms with Crippen LogP contribution in [0.1, 0.15) is 37.7 Å². The molecule has 3 N–H and O–H groups in total. The summed E-state index contributed by atoms with van der Waals surface area (Å²) < 4.78 is 4.99. The number of hydrogen-bond acceptors (Lipinski definition) is 3. The van der Waals surface area contributed by atoms with Gasteiger partial charge in [-0.2, -0.15) is 0 Å². The molecule has 2 rings (SSSR count). The Labute approximate surface area is 134 Å². The van der Waals surface area contributed by atoms with Crippen LogP contribution < -0.4 is 10.5 Å². The van der Waals surface area contributed by atoms with Crippen molar-refractivity contribution in [3.8, 4) is 5.75 Å². The van der Waals surface area contributed by atoms with Crippen LogP contribution in [0.25, 0.3) is 0 Å². The molecule has 0 aromatic heterocycles. The van der Waals surface area contributed by atoms with E-state index in [-0.39, 0.29) is 0 Å². The minimum absolute atomic E-state index is 0.472. The fourth-order valence-electron chi connectivity index (χ4n) is 2.19. The van der Waals surface area contributed by atoms with Gasteiger partial charge in [0.1, 0.15) is 10.6 Å². The van der Waals surface area contributed by atoms with E-state index in [2.05, 4.69) is 15.9 Å². The minimum atomic E-state index is -0.846. The zero-order valence-corrected chi connectivity index (χ0v) is 14.0. The lowest BCUT2D eigenvalue weighted by Gasteiger charge is -2.15. The van der Waals surface area contributed by atoms with Crippen LogP contribution in [-0.2, 0) is 11.2 Å². The number of ether oxygens (including phenoxy) is 1. The number of alkyl halides is 1. The zero-order chi connectivity index (χ0) is 15.7. The number of carbonyl (C=O) groups is 1. The predicted molar refractivity (Wildman–Crippen MR) is 88.1 cm³/mol. The summed E-state index contributed by atoms with van der Waals surface area (Å²) in [5, 5.41) is 8.67. The van der Waals surface area contributed by atoms with Crippen molar-refractivity contribution < 1.29 is 14.6 Å². The summed E-state index contributed by atoms with van der Waals surface area (Å²) in [6, 6.07) is 7.88. The molecule has 1 unspecified atom stereocenters. The maximum absolute atomic E-state index is 10.6. The fraction of sp³-hybridized carbons (Fsp3) is 0.562. The number of carboxylic acid groups (broad SMARTS) is 1. The molecule has 0 spiro atoms. The molecule has 4 nitrogen and oxygen atoms in total. The Morgan fingerprint density at radius 2 is 1.90 bits per heavy atom. The van der Waals surface area contributed by atoms with Crippen molar-refractivity contribution in [2.45, 2.75) is 49.4 Å². The van der Waals surface area contributed by atoms with Crippen LogP contribution in [0.3, 0.4) is 0 Å². The third kappa shape index (κ3) is 7.48. The lowest BCUT2D eigenvalue weighted by molar-refractivity contribution is -0.136. The molecule has 1 saturated carbocycles. The van der Waals surface area contributed by atoms with Crippen molar-refractivity contribution in [3.63, 3.8) is 0 Å². The Hall–Kier alpha value is -1.07. The lowest BCUT2D eigenvalue weighted by atomic mass is 9.97. The van der Waals surface area contributed by atoms with Gasteiger partial charge in [0.25, 0.3) is 0 Å². The van der Waals surface area contributed by atoms with Crippen LogP contribution in [0.5, 0.6) is 5.75 Å². The molecule has 0 bridgehead atoms. The number of hydrogen-bond donors (Lipinski definition) is 2. The molecular weight excluding hydrogens is 334 g/mol. The van der Waals surface area contributed by atoms with Gasteiger partial charge < -0.3 is 15.6 Å². The number of methoxy groups -OCH3 is 1. The maximum atomic E-state index is 10.6. The number of carboxylic acids is 1. The Morgan fingerprint density at radius 1 is 1.33 bits per heavy atom. The van der Waals surface area contributed by atoms with E-state index in [1.807, 2.05) is 24.3 Å². The molecule has 0 radical (unpaired) electrons. The van der Waals surface area contributed by atoms with Gasteiger partial charge in [0, 0.05) is 6.04 Å². The van der Waals surface area contributed by atoms with Crippen molar-refractivity contribution in [2.75, 3.05) is 7.11 Å². The standard InChI is InChI=1S/C10H11BrO3.C6H13N/c1-14-8-4-2-7(3-5-8)6-9(11)10(12)13;7-6-4-2-1-3-5-6/h2-5,9H,6H2,1H3,(H,12,13);6H,1-5,7H2. The summed E-state index contributed by atoms with van der Waals surface area (Å²) in [4.78, 5) is 10.0. The number of aliphatic carboxylic acids is 1. The number of rotatable bonds is 4. The van der Waals surface area contributed by atoms with Gasteiger partial charge in [0.2, 0.25) is 0 Å². The minimum Gasteiger partial charge on any atom is -0.497 e. The Bertz CT molecular complexity index is 416. The molecule has 1 aliphatic rings. The molecule has 118 valence electrons. The topological polar surface area (TPSA) is 72.5 Å². The van der Waals surface area contributed by atoms with Gasteiger partial charge in [-0.05, 0) is 37.0 Å². The van der Waals surface area contributed by atoms with Gasteiger partial charge in [-0.3, -0.25) is 4.79 Å². The van der Waals surface area contributed by atoms with E-state index in [1.165, 1.54) is 32.1 Å². The Kier molecular flexibility index (Phi) is 8.38. The third-order valence-electron chi connectivity index (χ3n) is 3.49. The Morgan fingerprint density at radius 3 is 2.29 bits per heavy atom. The van der Waals surface area contributed by atoms with Crippen molar-refractivity contribution >= 4 is 21.9 Å². The van der Waals surface area contributed by atoms with Crippen molar-refractivity contribution in [3.05, 3.63) is 29.8 Å². The number of halogens is 1. The maximum Gasteiger partial charge on any atom is 0.317 e. The van der Waals surface area contributed by atoms with E-state index in [0.29, 0.717) is 12.5 Å². The Balaban J connectivity index is 0.000000262. The first-order valence-electron chi connectivity index (χ1n) is 7.28. The molecule has 0 amide bonds. The highest BCUT2D eigenvalue weighted by molar-refractivity contribution is 9.10. The second kappa shape index (κ2) is 9.79. The molecular formula is C16H24BrNO3. The average molecular weight is 358 g/mol. The van der Waals surface area contributed by atoms with E-state index in [1.54, 1.807) is 7.11 Å². The van der Waals surface area contributed by atoms with E-state index in [4.69, 9.17) is 15.6 Å². The molecule has 1 aromatic carbocycles. The lowest BCUT2D eigenvalue weighted by Crippen LogP contribution is -2.22. The normalized spacial score (nSPS) is 16.5. The molecule has 0 aliphatic heterocycles. The highest BCUT2D eigenvalue weighted by Crippen LogP contribution is 2.15. The van der Waals surface area contributed by atoms with E-state index >= 15 is 0 Å². The smallest absolute Gasteiger partial charge is 0.317 e. The highest BCUT2D eigenvalue weighted by atomic mass is 79.9. The largest absolute Gasteiger partial charge is 0.497 e. The first-order chi connectivity index (χ1) is 10.0. The molecule has 1 fully saturated rings. The van der Waals surface area contributed by atoms with Crippen molar-refractivity contribution in [2.24, 2.45) is 5.73 Å². The van der Waals surface area contributed by atoms with Gasteiger partial charge in [-0.1, -0.05) is 47.3 Å². The van der Waals surface area contributed by atoms with Crippen LogP contribution in [0.15, 0.2) is 24.3 Å². The van der Waals surface area contributed by atoms with Crippen LogP contribution in [0.2, 0.25) is 0 Å². The zero-order valence-electron chi connectivity index (χ0n) is 12.4. The van der Waals surface area contributed by atoms with Crippen LogP contribution in [0, 0.1) is 0 Å². The first-order valence-corrected chi connectivity index (χ1v) is 8.20. The van der Waals surface area contributed by atoms with Gasteiger partial charge in [-0.25, -0.2) is 0 Å². The SMILES string of the molecule is COc1ccc(CC(Br)C(=O)O)cc1.NC1CCCCC1. The quantitative estimate of drug-likeness (QED) is 0.810. The summed E-state index contributed by atoms with van der Waals surface area (Å²) in [5.41, 5.74) is 6.60. The molecule has 1 aromatic rings. The second-order valence-electron chi connectivity index (χ2n) is 5.26. The molecule has 5 heteroatoms. The summed E-state index contributed by atoms with van der Waals surface area (Å²) in [6.45, 7) is 0. The summed E-state index contributed by atoms with van der Waals surface area (Å²) in [6.07, 6.45) is 7.13. The highest BCUT2D eigenvalue weighted by Gasteiger charge is 2.13. The first kappa shape index (κ1) is 18.0. The summed E-state index contributed by atoms with van der Waals surface area (Å²) in [5.74, 6) is -0.0731. The van der Waals surface area contributed by atoms with E-state index in [9.17, 15) is 4.79 Å². The summed E-state index contributed by atoms with van der Waals surface area (Å²) in [7, 11) is 1.60.